The zero-order valence-corrected chi connectivity index (χ0v) is 18.7. The highest BCUT2D eigenvalue weighted by Crippen LogP contribution is 2.42. The number of nitrogens with one attached hydrogen (secondary N) is 1. The van der Waals surface area contributed by atoms with Gasteiger partial charge in [0.25, 0.3) is 11.8 Å². The second-order valence-electron chi connectivity index (χ2n) is 7.90. The fourth-order valence-electron chi connectivity index (χ4n) is 3.77. The van der Waals surface area contributed by atoms with Crippen LogP contribution in [-0.2, 0) is 21.1 Å². The Hall–Kier alpha value is -3.70. The van der Waals surface area contributed by atoms with E-state index in [1.807, 2.05) is 0 Å². The molecule has 35 heavy (non-hydrogen) atoms. The number of nitrogens with zero attached hydrogens (tertiary/aromatic N) is 3. The van der Waals surface area contributed by atoms with E-state index < -0.39 is 74.3 Å². The van der Waals surface area contributed by atoms with Gasteiger partial charge in [0.05, 0.1) is 22.8 Å². The number of carbonyl (C=O) groups is 2. The van der Waals surface area contributed by atoms with Gasteiger partial charge in [-0.1, -0.05) is 0 Å². The van der Waals surface area contributed by atoms with Crippen LogP contribution >= 0.6 is 0 Å². The second kappa shape index (κ2) is 8.51. The Balaban J connectivity index is 2.19. The number of hydrogen-bond acceptors (Lipinski definition) is 6. The third-order valence-corrected chi connectivity index (χ3v) is 6.30. The average Bonchev–Trinajstić information content (AvgIpc) is 2.97. The fourth-order valence-corrected chi connectivity index (χ4v) is 4.91. The van der Waals surface area contributed by atoms with Gasteiger partial charge in [0.1, 0.15) is 11.4 Å². The molecule has 2 aromatic carbocycles. The zero-order chi connectivity index (χ0) is 29.0. The fraction of sp³-hybridized carbons (Fsp3) is 0.286. The molecule has 9 nitrogen and oxygen atoms in total. The summed E-state index contributed by atoms with van der Waals surface area (Å²) in [5.74, 6) is -3.75. The molecule has 1 atom stereocenters. The number of carbonyl (C=O) groups excluding carboxylic acids is 2. The van der Waals surface area contributed by atoms with Gasteiger partial charge in [-0.25, -0.2) is 4.39 Å². The van der Waals surface area contributed by atoms with Crippen LogP contribution in [0, 0.1) is 17.1 Å². The van der Waals surface area contributed by atoms with Gasteiger partial charge in [-0.3, -0.25) is 19.0 Å². The van der Waals surface area contributed by atoms with Crippen molar-refractivity contribution in [1.29, 1.82) is 5.26 Å². The van der Waals surface area contributed by atoms with Gasteiger partial charge in [0, 0.05) is 22.5 Å². The van der Waals surface area contributed by atoms with E-state index >= 15 is 0 Å². The molecule has 14 heteroatoms. The normalized spacial score (nSPS) is 19.5. The van der Waals surface area contributed by atoms with Gasteiger partial charge in [0.2, 0.25) is 5.50 Å². The molecule has 1 heterocycles. The predicted octanol–water partition coefficient (Wildman–Crippen LogP) is 2.88. The van der Waals surface area contributed by atoms with Crippen LogP contribution in [0.5, 0.6) is 0 Å². The molecule has 3 rings (SSSR count). The molecule has 1 aliphatic heterocycles. The van der Waals surface area contributed by atoms with Crippen LogP contribution in [0.25, 0.3) is 0 Å². The van der Waals surface area contributed by atoms with Gasteiger partial charge < -0.3 is 10.2 Å². The second-order valence-corrected chi connectivity index (χ2v) is 9.35. The number of halogens is 4. The van der Waals surface area contributed by atoms with E-state index in [0.29, 0.717) is 21.9 Å². The first-order valence-corrected chi connectivity index (χ1v) is 11.0. The summed E-state index contributed by atoms with van der Waals surface area (Å²) in [4.78, 5) is 26.5. The summed E-state index contributed by atoms with van der Waals surface area (Å²) in [7, 11) is -5.32. The Kier molecular flexibility index (Phi) is 5.30. The lowest BCUT2D eigenvalue weighted by Crippen LogP contribution is -2.49. The summed E-state index contributed by atoms with van der Waals surface area (Å²) in [6.45, 7) is -0.623. The van der Waals surface area contributed by atoms with Crippen LogP contribution in [0.3, 0.4) is 0 Å². The topological polar surface area (TPSA) is 131 Å². The zero-order valence-electron chi connectivity index (χ0n) is 20.9. The first-order chi connectivity index (χ1) is 17.2. The van der Waals surface area contributed by atoms with Crippen LogP contribution in [0.1, 0.15) is 39.4 Å². The van der Waals surface area contributed by atoms with Crippen molar-refractivity contribution >= 4 is 33.3 Å². The Bertz CT molecular complexity index is 1470. The van der Waals surface area contributed by atoms with Crippen LogP contribution in [0.15, 0.2) is 36.4 Å². The van der Waals surface area contributed by atoms with Crippen LogP contribution in [0.4, 0.5) is 28.9 Å². The highest BCUT2D eigenvalue weighted by Gasteiger charge is 2.57. The van der Waals surface area contributed by atoms with E-state index in [1.165, 1.54) is 6.07 Å². The third kappa shape index (κ3) is 4.40. The number of amides is 2. The van der Waals surface area contributed by atoms with Crippen molar-refractivity contribution in [3.63, 3.8) is 0 Å². The minimum Gasteiger partial charge on any atom is -0.355 e. The number of benzene rings is 2. The molecule has 0 saturated carbocycles. The van der Waals surface area contributed by atoms with E-state index in [0.717, 1.165) is 38.1 Å². The molecule has 0 bridgehead atoms. The van der Waals surface area contributed by atoms with Crippen molar-refractivity contribution in [1.82, 2.24) is 5.32 Å². The van der Waals surface area contributed by atoms with Gasteiger partial charge in [-0.2, -0.15) is 26.9 Å². The summed E-state index contributed by atoms with van der Waals surface area (Å²) in [5.41, 5.74) is -8.33. The van der Waals surface area contributed by atoms with Crippen molar-refractivity contribution < 1.29 is 44.2 Å². The molecular weight excluding hydrogens is 496 g/mol. The molecule has 186 valence electrons. The van der Waals surface area contributed by atoms with Crippen LogP contribution in [0.2, 0.25) is 0 Å². The van der Waals surface area contributed by atoms with Crippen molar-refractivity contribution in [3.8, 4) is 6.07 Å². The van der Waals surface area contributed by atoms with Crippen LogP contribution < -0.4 is 15.1 Å². The molecule has 0 spiro atoms. The molecule has 2 N–H and O–H groups in total. The van der Waals surface area contributed by atoms with Gasteiger partial charge in [0.15, 0.2) is 0 Å². The Morgan fingerprint density at radius 2 is 1.86 bits per heavy atom. The molecule has 1 fully saturated rings. The number of nitriles is 1. The third-order valence-electron chi connectivity index (χ3n) is 5.35. The van der Waals surface area contributed by atoms with E-state index in [1.54, 1.807) is 5.32 Å². The Labute approximate surface area is 201 Å². The van der Waals surface area contributed by atoms with Crippen molar-refractivity contribution in [2.24, 2.45) is 0 Å². The van der Waals surface area contributed by atoms with E-state index in [2.05, 4.69) is 0 Å². The molecule has 0 aliphatic carbocycles. The summed E-state index contributed by atoms with van der Waals surface area (Å²) < 4.78 is 112. The molecule has 1 unspecified atom stereocenters. The van der Waals surface area contributed by atoms with Gasteiger partial charge >= 0.3 is 16.3 Å². The number of hydrogen-bond donors (Lipinski definition) is 2. The highest BCUT2D eigenvalue weighted by atomic mass is 32.2. The van der Waals surface area contributed by atoms with E-state index in [-0.39, 0.29) is 5.69 Å². The summed E-state index contributed by atoms with van der Waals surface area (Å²) in [6.07, 6.45) is -5.05. The Morgan fingerprint density at radius 1 is 1.23 bits per heavy atom. The lowest BCUT2D eigenvalue weighted by atomic mass is 10.0. The Morgan fingerprint density at radius 3 is 2.37 bits per heavy atom. The number of anilines is 2. The number of rotatable bonds is 4. The molecule has 1 saturated heterocycles. The average molecular weight is 517 g/mol. The monoisotopic (exact) mass is 517 g/mol. The molecule has 2 aromatic rings. The van der Waals surface area contributed by atoms with Crippen molar-refractivity contribution in [3.05, 3.63) is 58.9 Å². The molecule has 2 amide bonds. The maximum Gasteiger partial charge on any atom is 0.417 e. The quantitative estimate of drug-likeness (QED) is 0.471. The molecular formula is C21H18F4N4O5S. The summed E-state index contributed by atoms with van der Waals surface area (Å²) in [6, 6.07) is 5.70. The van der Waals surface area contributed by atoms with Crippen LogP contribution in [-0.4, -0.2) is 42.8 Å². The highest BCUT2D eigenvalue weighted by molar-refractivity contribution is 7.86. The summed E-state index contributed by atoms with van der Waals surface area (Å²) >= 11 is 0. The molecule has 0 aromatic heterocycles. The van der Waals surface area contributed by atoms with Gasteiger partial charge in [-0.15, -0.1) is 0 Å². The first kappa shape index (κ1) is 21.8. The lowest BCUT2D eigenvalue weighted by Gasteiger charge is -2.34. The SMILES string of the molecule is [2H]C([2H])([2H])NC(=O)c1ccc(N2C(S(=O)(=O)O)N(c3ccc(C#N)c(C(F)(F)F)c3)C(=O)C2(C)C)cc1F. The van der Waals surface area contributed by atoms with E-state index in [9.17, 15) is 40.1 Å². The minimum atomic E-state index is -5.32. The van der Waals surface area contributed by atoms with Crippen molar-refractivity contribution in [2.45, 2.75) is 31.1 Å². The largest absolute Gasteiger partial charge is 0.417 e. The lowest BCUT2D eigenvalue weighted by molar-refractivity contribution is -0.137. The summed E-state index contributed by atoms with van der Waals surface area (Å²) in [5, 5.41) is 10.6. The standard InChI is InChI=1S/C21H18F4N4O5S/c1-20(2)18(31)28(12-5-4-11(10-26)15(8-12)21(23,24)25)19(35(32,33)34)29(20)13-6-7-14(16(22)9-13)17(30)27-3/h4-9,19H,1-3H3,(H,27,30)(H,32,33,34)/i3D3. The smallest absolute Gasteiger partial charge is 0.355 e. The van der Waals surface area contributed by atoms with E-state index in [4.69, 9.17) is 9.37 Å². The molecule has 1 aliphatic rings. The maximum atomic E-state index is 14.9. The predicted molar refractivity (Wildman–Crippen MR) is 115 cm³/mol. The number of alkyl halides is 3. The molecule has 0 radical (unpaired) electrons. The first-order valence-electron chi connectivity index (χ1n) is 11.0. The van der Waals surface area contributed by atoms with Crippen molar-refractivity contribution in [2.75, 3.05) is 16.8 Å². The maximum absolute atomic E-state index is 14.9. The minimum absolute atomic E-state index is 0.360. The van der Waals surface area contributed by atoms with Gasteiger partial charge in [-0.05, 0) is 50.2 Å².